The molecule has 1 unspecified atom stereocenters. The molecular formula is C29H44N4O2. The summed E-state index contributed by atoms with van der Waals surface area (Å²) in [6.07, 6.45) is 4.12. The Morgan fingerprint density at radius 1 is 0.943 bits per heavy atom. The third-order valence-electron chi connectivity index (χ3n) is 6.36. The molecule has 0 fully saturated rings. The summed E-state index contributed by atoms with van der Waals surface area (Å²) >= 11 is 0. The molecule has 6 N–H and O–H groups in total. The third-order valence-corrected chi connectivity index (χ3v) is 6.36. The molecule has 6 nitrogen and oxygen atoms in total. The van der Waals surface area contributed by atoms with Crippen molar-refractivity contribution in [2.45, 2.75) is 92.2 Å². The van der Waals surface area contributed by atoms with Gasteiger partial charge in [-0.1, -0.05) is 83.5 Å². The maximum Gasteiger partial charge on any atom is 0.312 e. The van der Waals surface area contributed by atoms with Crippen molar-refractivity contribution in [1.82, 2.24) is 10.6 Å². The average molecular weight is 481 g/mol. The van der Waals surface area contributed by atoms with Gasteiger partial charge in [-0.25, -0.2) is 9.59 Å². The largest absolute Gasteiger partial charge is 0.352 e. The van der Waals surface area contributed by atoms with Gasteiger partial charge in [0, 0.05) is 6.54 Å². The van der Waals surface area contributed by atoms with E-state index in [9.17, 15) is 9.59 Å². The SMILES string of the molecule is CC(C)(C)c1ccc2c(c1)CCC2NC(N)=O.Cc1ccc(CNC(N)=O)c(CCC(C)(C)C)c1. The van der Waals surface area contributed by atoms with Gasteiger partial charge in [-0.3, -0.25) is 0 Å². The minimum Gasteiger partial charge on any atom is -0.352 e. The molecule has 1 aliphatic carbocycles. The molecule has 0 aromatic heterocycles. The summed E-state index contributed by atoms with van der Waals surface area (Å²) in [7, 11) is 0. The van der Waals surface area contributed by atoms with Crippen molar-refractivity contribution in [1.29, 1.82) is 0 Å². The van der Waals surface area contributed by atoms with Crippen molar-refractivity contribution in [3.8, 4) is 0 Å². The van der Waals surface area contributed by atoms with Gasteiger partial charge >= 0.3 is 12.1 Å². The molecule has 35 heavy (non-hydrogen) atoms. The predicted molar refractivity (Wildman–Crippen MR) is 144 cm³/mol. The van der Waals surface area contributed by atoms with Gasteiger partial charge in [-0.2, -0.15) is 0 Å². The van der Waals surface area contributed by atoms with Crippen molar-refractivity contribution in [3.05, 3.63) is 69.8 Å². The molecule has 0 saturated heterocycles. The molecule has 0 heterocycles. The van der Waals surface area contributed by atoms with E-state index in [1.54, 1.807) is 0 Å². The van der Waals surface area contributed by atoms with Crippen LogP contribution in [0.5, 0.6) is 0 Å². The van der Waals surface area contributed by atoms with E-state index < -0.39 is 12.1 Å². The van der Waals surface area contributed by atoms with Crippen molar-refractivity contribution >= 4 is 12.1 Å². The number of carbonyl (C=O) groups excluding carboxylic acids is 2. The van der Waals surface area contributed by atoms with Gasteiger partial charge in [-0.15, -0.1) is 0 Å². The maximum absolute atomic E-state index is 10.9. The van der Waals surface area contributed by atoms with E-state index in [0.717, 1.165) is 31.2 Å². The topological polar surface area (TPSA) is 110 Å². The number of fused-ring (bicyclic) bond motifs is 1. The molecule has 1 aliphatic rings. The van der Waals surface area contributed by atoms with E-state index in [2.05, 4.69) is 95.5 Å². The minimum atomic E-state index is -0.475. The Morgan fingerprint density at radius 2 is 1.63 bits per heavy atom. The van der Waals surface area contributed by atoms with Crippen LogP contribution >= 0.6 is 0 Å². The first-order valence-corrected chi connectivity index (χ1v) is 12.5. The lowest BCUT2D eigenvalue weighted by Gasteiger charge is -2.20. The highest BCUT2D eigenvalue weighted by molar-refractivity contribution is 5.72. The fraction of sp³-hybridized carbons (Fsp3) is 0.517. The lowest BCUT2D eigenvalue weighted by molar-refractivity contribution is 0.245. The second-order valence-corrected chi connectivity index (χ2v) is 11.8. The van der Waals surface area contributed by atoms with Crippen molar-refractivity contribution in [2.24, 2.45) is 16.9 Å². The number of urea groups is 2. The van der Waals surface area contributed by atoms with Crippen LogP contribution in [0.3, 0.4) is 0 Å². The monoisotopic (exact) mass is 480 g/mol. The fourth-order valence-electron chi connectivity index (χ4n) is 4.26. The molecule has 0 aliphatic heterocycles. The normalized spacial score (nSPS) is 15.0. The molecule has 0 spiro atoms. The number of nitrogens with two attached hydrogens (primary N) is 2. The molecule has 192 valence electrons. The summed E-state index contributed by atoms with van der Waals surface area (Å²) in [6.45, 7) is 16.0. The molecule has 6 heteroatoms. The number of hydrogen-bond acceptors (Lipinski definition) is 2. The molecule has 4 amide bonds. The Bertz CT molecular complexity index is 1030. The number of aryl methyl sites for hydroxylation is 3. The Labute approximate surface area is 211 Å². The highest BCUT2D eigenvalue weighted by Crippen LogP contribution is 2.34. The van der Waals surface area contributed by atoms with Crippen molar-refractivity contribution in [3.63, 3.8) is 0 Å². The molecule has 2 aromatic rings. The molecule has 1 atom stereocenters. The first kappa shape index (κ1) is 28.2. The molecule has 0 saturated carbocycles. The summed E-state index contributed by atoms with van der Waals surface area (Å²) in [5.41, 5.74) is 18.4. The summed E-state index contributed by atoms with van der Waals surface area (Å²) in [5.74, 6) is 0. The Kier molecular flexibility index (Phi) is 9.36. The van der Waals surface area contributed by atoms with Gasteiger partial charge in [0.1, 0.15) is 0 Å². The lowest BCUT2D eigenvalue weighted by atomic mass is 9.85. The number of nitrogens with one attached hydrogen (secondary N) is 2. The Balaban J connectivity index is 0.000000247. The Hall–Kier alpha value is -3.02. The van der Waals surface area contributed by atoms with Gasteiger partial charge in [-0.05, 0) is 71.3 Å². The van der Waals surface area contributed by atoms with Gasteiger partial charge in [0.05, 0.1) is 6.04 Å². The molecule has 0 bridgehead atoms. The van der Waals surface area contributed by atoms with E-state index in [1.807, 2.05) is 0 Å². The van der Waals surface area contributed by atoms with E-state index in [0.29, 0.717) is 12.0 Å². The number of benzene rings is 2. The second kappa shape index (κ2) is 11.6. The van der Waals surface area contributed by atoms with Gasteiger partial charge in [0.25, 0.3) is 0 Å². The van der Waals surface area contributed by atoms with E-state index >= 15 is 0 Å². The number of hydrogen-bond donors (Lipinski definition) is 4. The zero-order valence-electron chi connectivity index (χ0n) is 22.5. The van der Waals surface area contributed by atoms with Crippen molar-refractivity contribution < 1.29 is 9.59 Å². The standard InChI is InChI=1S/C15H24N2O.C14H20N2O/c1-11-5-6-13(10-17-14(16)18)12(9-11)7-8-15(2,3)4;1-14(2,3)10-5-6-11-9(8-10)4-7-12(11)16-13(15)17/h5-6,9H,7-8,10H2,1-4H3,(H3,16,17,18);5-6,8,12H,4,7H2,1-3H3,(H3,15,16,17). The van der Waals surface area contributed by atoms with Gasteiger partial charge in [0.15, 0.2) is 0 Å². The quantitative estimate of drug-likeness (QED) is 0.435. The van der Waals surface area contributed by atoms with Crippen LogP contribution in [0.15, 0.2) is 36.4 Å². The first-order valence-electron chi connectivity index (χ1n) is 12.5. The van der Waals surface area contributed by atoms with E-state index in [1.165, 1.54) is 27.8 Å². The van der Waals surface area contributed by atoms with E-state index in [4.69, 9.17) is 11.5 Å². The summed E-state index contributed by atoms with van der Waals surface area (Å²) in [4.78, 5) is 21.7. The Morgan fingerprint density at radius 3 is 2.20 bits per heavy atom. The van der Waals surface area contributed by atoms with Crippen LogP contribution in [0.25, 0.3) is 0 Å². The molecule has 0 radical (unpaired) electrons. The van der Waals surface area contributed by atoms with Crippen LogP contribution in [0.1, 0.15) is 93.8 Å². The number of amides is 4. The van der Waals surface area contributed by atoms with Crippen LogP contribution in [0.4, 0.5) is 9.59 Å². The average Bonchev–Trinajstić information content (AvgIpc) is 3.12. The highest BCUT2D eigenvalue weighted by atomic mass is 16.2. The first-order chi connectivity index (χ1) is 16.2. The van der Waals surface area contributed by atoms with Crippen LogP contribution < -0.4 is 22.1 Å². The third kappa shape index (κ3) is 9.27. The van der Waals surface area contributed by atoms with Crippen LogP contribution in [-0.4, -0.2) is 12.1 Å². The lowest BCUT2D eigenvalue weighted by Crippen LogP contribution is -2.32. The summed E-state index contributed by atoms with van der Waals surface area (Å²) < 4.78 is 0. The fourth-order valence-corrected chi connectivity index (χ4v) is 4.26. The van der Waals surface area contributed by atoms with Crippen LogP contribution in [0.2, 0.25) is 0 Å². The van der Waals surface area contributed by atoms with Crippen molar-refractivity contribution in [2.75, 3.05) is 0 Å². The number of carbonyl (C=O) groups is 2. The number of rotatable bonds is 5. The van der Waals surface area contributed by atoms with E-state index in [-0.39, 0.29) is 11.5 Å². The van der Waals surface area contributed by atoms with Gasteiger partial charge < -0.3 is 22.1 Å². The predicted octanol–water partition coefficient (Wildman–Crippen LogP) is 5.78. The second-order valence-electron chi connectivity index (χ2n) is 11.8. The summed E-state index contributed by atoms with van der Waals surface area (Å²) in [5, 5.41) is 5.45. The zero-order chi connectivity index (χ0) is 26.4. The smallest absolute Gasteiger partial charge is 0.312 e. The molecular weight excluding hydrogens is 436 g/mol. The summed E-state index contributed by atoms with van der Waals surface area (Å²) in [6, 6.07) is 12.1. The molecule has 2 aromatic carbocycles. The van der Waals surface area contributed by atoms with Crippen LogP contribution in [-0.2, 0) is 24.8 Å². The minimum absolute atomic E-state index is 0.0940. The zero-order valence-corrected chi connectivity index (χ0v) is 22.5. The maximum atomic E-state index is 10.9. The van der Waals surface area contributed by atoms with Crippen LogP contribution in [0, 0.1) is 12.3 Å². The molecule has 3 rings (SSSR count). The highest BCUT2D eigenvalue weighted by Gasteiger charge is 2.25. The number of primary amides is 2. The van der Waals surface area contributed by atoms with Gasteiger partial charge in [0.2, 0.25) is 0 Å².